The first kappa shape index (κ1) is 18.7. The van der Waals surface area contributed by atoms with Gasteiger partial charge in [-0.2, -0.15) is 0 Å². The van der Waals surface area contributed by atoms with Gasteiger partial charge in [-0.15, -0.1) is 0 Å². The smallest absolute Gasteiger partial charge is 0.242 e. The highest BCUT2D eigenvalue weighted by Gasteiger charge is 2.49. The zero-order chi connectivity index (χ0) is 18.7. The molecule has 0 aromatic heterocycles. The van der Waals surface area contributed by atoms with Crippen LogP contribution in [0, 0.1) is 0 Å². The minimum absolute atomic E-state index is 0.0457. The van der Waals surface area contributed by atoms with Crippen LogP contribution in [0.25, 0.3) is 0 Å². The van der Waals surface area contributed by atoms with Crippen molar-refractivity contribution in [2.75, 3.05) is 20.2 Å². The van der Waals surface area contributed by atoms with E-state index in [0.717, 1.165) is 37.0 Å². The number of carbonyl (C=O) groups excluding carboxylic acids is 2. The number of nitrogens with zero attached hydrogens (tertiary/aromatic N) is 1. The fourth-order valence-electron chi connectivity index (χ4n) is 4.42. The van der Waals surface area contributed by atoms with Gasteiger partial charge in [0.2, 0.25) is 11.8 Å². The molecule has 1 heterocycles. The van der Waals surface area contributed by atoms with Crippen LogP contribution in [0.3, 0.4) is 0 Å². The van der Waals surface area contributed by atoms with E-state index < -0.39 is 11.5 Å². The second-order valence-electron chi connectivity index (χ2n) is 7.38. The van der Waals surface area contributed by atoms with Gasteiger partial charge in [0, 0.05) is 19.1 Å². The lowest BCUT2D eigenvalue weighted by molar-refractivity contribution is -0.143. The van der Waals surface area contributed by atoms with Crippen LogP contribution >= 0.6 is 0 Å². The second-order valence-corrected chi connectivity index (χ2v) is 7.38. The molecular formula is C20H29N3O3. The minimum atomic E-state index is -0.554. The maximum absolute atomic E-state index is 13.6. The summed E-state index contributed by atoms with van der Waals surface area (Å²) in [5.74, 6) is 0.721. The summed E-state index contributed by atoms with van der Waals surface area (Å²) >= 11 is 0. The Morgan fingerprint density at radius 1 is 1.27 bits per heavy atom. The fourth-order valence-corrected chi connectivity index (χ4v) is 4.42. The van der Waals surface area contributed by atoms with Gasteiger partial charge in [-0.1, -0.05) is 25.0 Å². The van der Waals surface area contributed by atoms with Crippen molar-refractivity contribution < 1.29 is 14.3 Å². The van der Waals surface area contributed by atoms with Crippen LogP contribution in [0.5, 0.6) is 5.75 Å². The molecule has 1 aliphatic heterocycles. The van der Waals surface area contributed by atoms with E-state index in [-0.39, 0.29) is 17.9 Å². The summed E-state index contributed by atoms with van der Waals surface area (Å²) in [5, 5.41) is 2.85. The molecule has 1 aromatic rings. The van der Waals surface area contributed by atoms with Crippen molar-refractivity contribution >= 4 is 11.8 Å². The number of rotatable bonds is 5. The zero-order valence-electron chi connectivity index (χ0n) is 15.7. The molecule has 0 unspecified atom stereocenters. The van der Waals surface area contributed by atoms with Gasteiger partial charge >= 0.3 is 0 Å². The SMILES string of the molecule is CCNC(=O)[C@@H]1C[C@@H](N)CN1C(=O)C1(c2ccc(OC)cc2)CCCC1. The summed E-state index contributed by atoms with van der Waals surface area (Å²) in [6, 6.07) is 7.16. The normalized spacial score (nSPS) is 24.5. The lowest BCUT2D eigenvalue weighted by atomic mass is 9.77. The van der Waals surface area contributed by atoms with E-state index >= 15 is 0 Å². The first-order valence-corrected chi connectivity index (χ1v) is 9.50. The standard InChI is InChI=1S/C20H29N3O3/c1-3-22-18(24)17-12-15(21)13-23(17)19(25)20(10-4-5-11-20)14-6-8-16(26-2)9-7-14/h6-9,15,17H,3-5,10-13,21H2,1-2H3,(H,22,24)/t15-,17+/m1/s1. The van der Waals surface area contributed by atoms with E-state index in [4.69, 9.17) is 10.5 Å². The van der Waals surface area contributed by atoms with Crippen molar-refractivity contribution in [1.29, 1.82) is 0 Å². The second kappa shape index (κ2) is 7.66. The number of ether oxygens (including phenoxy) is 1. The summed E-state index contributed by atoms with van der Waals surface area (Å²) in [7, 11) is 1.63. The van der Waals surface area contributed by atoms with Gasteiger partial charge in [-0.3, -0.25) is 9.59 Å². The number of carbonyl (C=O) groups is 2. The lowest BCUT2D eigenvalue weighted by Gasteiger charge is -2.35. The third-order valence-electron chi connectivity index (χ3n) is 5.76. The van der Waals surface area contributed by atoms with E-state index in [9.17, 15) is 9.59 Å². The van der Waals surface area contributed by atoms with Crippen LogP contribution in [0.2, 0.25) is 0 Å². The number of amides is 2. The monoisotopic (exact) mass is 359 g/mol. The first-order chi connectivity index (χ1) is 12.5. The van der Waals surface area contributed by atoms with Crippen LogP contribution in [0.4, 0.5) is 0 Å². The highest BCUT2D eigenvalue weighted by Crippen LogP contribution is 2.44. The Hall–Kier alpha value is -2.08. The van der Waals surface area contributed by atoms with Crippen LogP contribution < -0.4 is 15.8 Å². The number of methoxy groups -OCH3 is 1. The molecule has 3 N–H and O–H groups in total. The van der Waals surface area contributed by atoms with Crippen LogP contribution in [0.15, 0.2) is 24.3 Å². The Balaban J connectivity index is 1.91. The maximum Gasteiger partial charge on any atom is 0.242 e. The van der Waals surface area contributed by atoms with Gasteiger partial charge in [0.15, 0.2) is 0 Å². The molecular weight excluding hydrogens is 330 g/mol. The van der Waals surface area contributed by atoms with Crippen LogP contribution in [0.1, 0.15) is 44.6 Å². The molecule has 6 heteroatoms. The molecule has 1 saturated heterocycles. The number of likely N-dealkylation sites (tertiary alicyclic amines) is 1. The number of nitrogens with two attached hydrogens (primary N) is 1. The largest absolute Gasteiger partial charge is 0.497 e. The van der Waals surface area contributed by atoms with E-state index in [0.29, 0.717) is 19.5 Å². The Labute approximate surface area is 155 Å². The summed E-state index contributed by atoms with van der Waals surface area (Å²) in [5.41, 5.74) is 6.57. The van der Waals surface area contributed by atoms with Crippen LogP contribution in [-0.4, -0.2) is 49.0 Å². The third-order valence-corrected chi connectivity index (χ3v) is 5.76. The van der Waals surface area contributed by atoms with Gasteiger partial charge in [-0.25, -0.2) is 0 Å². The van der Waals surface area contributed by atoms with Crippen LogP contribution in [-0.2, 0) is 15.0 Å². The molecule has 0 radical (unpaired) electrons. The Bertz CT molecular complexity index is 653. The average molecular weight is 359 g/mol. The highest BCUT2D eigenvalue weighted by molar-refractivity contribution is 5.94. The predicted molar refractivity (Wildman–Crippen MR) is 99.9 cm³/mol. The molecule has 2 aliphatic rings. The molecule has 0 spiro atoms. The highest BCUT2D eigenvalue weighted by atomic mass is 16.5. The summed E-state index contributed by atoms with van der Waals surface area (Å²) in [6.45, 7) is 2.88. The molecule has 1 aromatic carbocycles. The van der Waals surface area contributed by atoms with Gasteiger partial charge in [0.1, 0.15) is 11.8 Å². The summed E-state index contributed by atoms with van der Waals surface area (Å²) < 4.78 is 5.25. The topological polar surface area (TPSA) is 84.7 Å². The van der Waals surface area contributed by atoms with Crippen molar-refractivity contribution in [1.82, 2.24) is 10.2 Å². The predicted octanol–water partition coefficient (Wildman–Crippen LogP) is 1.57. The Morgan fingerprint density at radius 2 is 1.92 bits per heavy atom. The third kappa shape index (κ3) is 3.30. The van der Waals surface area contributed by atoms with E-state index in [1.54, 1.807) is 12.0 Å². The van der Waals surface area contributed by atoms with Crippen molar-refractivity contribution in [2.24, 2.45) is 5.73 Å². The van der Waals surface area contributed by atoms with E-state index in [1.165, 1.54) is 0 Å². The fraction of sp³-hybridized carbons (Fsp3) is 0.600. The van der Waals surface area contributed by atoms with Crippen molar-refractivity contribution in [2.45, 2.75) is 56.5 Å². The lowest BCUT2D eigenvalue weighted by Crippen LogP contribution is -2.52. The first-order valence-electron chi connectivity index (χ1n) is 9.50. The van der Waals surface area contributed by atoms with Crippen molar-refractivity contribution in [3.63, 3.8) is 0 Å². The molecule has 3 rings (SSSR count). The molecule has 26 heavy (non-hydrogen) atoms. The minimum Gasteiger partial charge on any atom is -0.497 e. The van der Waals surface area contributed by atoms with Gasteiger partial charge < -0.3 is 20.7 Å². The molecule has 1 saturated carbocycles. The number of nitrogens with one attached hydrogen (secondary N) is 1. The molecule has 2 atom stereocenters. The molecule has 2 fully saturated rings. The maximum atomic E-state index is 13.6. The molecule has 2 amide bonds. The summed E-state index contributed by atoms with van der Waals surface area (Å²) in [6.07, 6.45) is 4.18. The Morgan fingerprint density at radius 3 is 2.50 bits per heavy atom. The van der Waals surface area contributed by atoms with Crippen molar-refractivity contribution in [3.8, 4) is 5.75 Å². The molecule has 1 aliphatic carbocycles. The zero-order valence-corrected chi connectivity index (χ0v) is 15.7. The summed E-state index contributed by atoms with van der Waals surface area (Å²) in [4.78, 5) is 27.8. The molecule has 142 valence electrons. The molecule has 0 bridgehead atoms. The van der Waals surface area contributed by atoms with Gasteiger partial charge in [0.25, 0.3) is 0 Å². The number of hydrogen-bond acceptors (Lipinski definition) is 4. The van der Waals surface area contributed by atoms with Crippen molar-refractivity contribution in [3.05, 3.63) is 29.8 Å². The molecule has 6 nitrogen and oxygen atoms in total. The number of likely N-dealkylation sites (N-methyl/N-ethyl adjacent to an activating group) is 1. The number of benzene rings is 1. The quantitative estimate of drug-likeness (QED) is 0.836. The van der Waals surface area contributed by atoms with Gasteiger partial charge in [-0.05, 0) is 43.9 Å². The van der Waals surface area contributed by atoms with Gasteiger partial charge in [0.05, 0.1) is 12.5 Å². The average Bonchev–Trinajstić information content (AvgIpc) is 3.29. The number of hydrogen-bond donors (Lipinski definition) is 2. The van der Waals surface area contributed by atoms with E-state index in [2.05, 4.69) is 5.32 Å². The van der Waals surface area contributed by atoms with E-state index in [1.807, 2.05) is 31.2 Å². The Kier molecular flexibility index (Phi) is 5.51.